The molecular weight excluding hydrogens is 256 g/mol. The van der Waals surface area contributed by atoms with Crippen LogP contribution in [0.25, 0.3) is 0 Å². The third-order valence-corrected chi connectivity index (χ3v) is 3.50. The highest BCUT2D eigenvalue weighted by Gasteiger charge is 2.16. The number of carbonyl (C=O) groups is 2. The van der Waals surface area contributed by atoms with Gasteiger partial charge < -0.3 is 15.3 Å². The van der Waals surface area contributed by atoms with Gasteiger partial charge in [-0.1, -0.05) is 12.1 Å². The summed E-state index contributed by atoms with van der Waals surface area (Å²) in [5, 5.41) is 12.0. The van der Waals surface area contributed by atoms with Crippen LogP contribution < -0.4 is 5.32 Å². The molecule has 2 rings (SSSR count). The molecule has 1 heterocycles. The van der Waals surface area contributed by atoms with Gasteiger partial charge in [-0.15, -0.1) is 0 Å². The van der Waals surface area contributed by atoms with Gasteiger partial charge in [-0.05, 0) is 30.5 Å². The van der Waals surface area contributed by atoms with Crippen LogP contribution in [0.15, 0.2) is 24.3 Å². The van der Waals surface area contributed by atoms with Crippen molar-refractivity contribution in [2.75, 3.05) is 19.6 Å². The summed E-state index contributed by atoms with van der Waals surface area (Å²) >= 11 is 0. The lowest BCUT2D eigenvalue weighted by Crippen LogP contribution is -2.30. The van der Waals surface area contributed by atoms with Gasteiger partial charge in [0.25, 0.3) is 0 Å². The summed E-state index contributed by atoms with van der Waals surface area (Å²) in [5.74, 6) is -0.697. The summed E-state index contributed by atoms with van der Waals surface area (Å²) < 4.78 is 0. The normalized spacial score (nSPS) is 14.5. The molecule has 1 fully saturated rings. The van der Waals surface area contributed by atoms with E-state index >= 15 is 0 Å². The monoisotopic (exact) mass is 276 g/mol. The molecule has 1 aliphatic heterocycles. The maximum atomic E-state index is 11.8. The molecule has 1 aromatic rings. The highest BCUT2D eigenvalue weighted by molar-refractivity contribution is 5.87. The van der Waals surface area contributed by atoms with Crippen LogP contribution in [0.1, 0.15) is 35.2 Å². The summed E-state index contributed by atoms with van der Waals surface area (Å²) in [4.78, 5) is 24.4. The molecule has 0 unspecified atom stereocenters. The number of carbonyl (C=O) groups excluding carboxylic acids is 1. The Morgan fingerprint density at radius 2 is 1.80 bits per heavy atom. The van der Waals surface area contributed by atoms with E-state index in [1.807, 2.05) is 4.90 Å². The first-order valence-corrected chi connectivity index (χ1v) is 6.97. The second kappa shape index (κ2) is 7.05. The number of hydrogen-bond acceptors (Lipinski definition) is 3. The fraction of sp³-hybridized carbons (Fsp3) is 0.467. The Kier molecular flexibility index (Phi) is 5.12. The van der Waals surface area contributed by atoms with Gasteiger partial charge in [0, 0.05) is 32.6 Å². The van der Waals surface area contributed by atoms with Crippen LogP contribution in [-0.4, -0.2) is 41.5 Å². The van der Waals surface area contributed by atoms with Crippen LogP contribution in [0.3, 0.4) is 0 Å². The molecule has 0 aromatic heterocycles. The highest BCUT2D eigenvalue weighted by atomic mass is 16.4. The zero-order valence-electron chi connectivity index (χ0n) is 11.5. The van der Waals surface area contributed by atoms with Gasteiger partial charge in [-0.25, -0.2) is 4.79 Å². The van der Waals surface area contributed by atoms with Crippen molar-refractivity contribution in [1.29, 1.82) is 0 Å². The van der Waals surface area contributed by atoms with Crippen LogP contribution in [0.2, 0.25) is 0 Å². The zero-order valence-corrected chi connectivity index (χ0v) is 11.5. The van der Waals surface area contributed by atoms with Gasteiger partial charge in [0.2, 0.25) is 5.91 Å². The molecule has 1 aromatic carbocycles. The van der Waals surface area contributed by atoms with Gasteiger partial charge >= 0.3 is 5.97 Å². The van der Waals surface area contributed by atoms with E-state index in [-0.39, 0.29) is 11.5 Å². The van der Waals surface area contributed by atoms with Crippen LogP contribution in [0, 0.1) is 0 Å². The van der Waals surface area contributed by atoms with Crippen molar-refractivity contribution >= 4 is 11.9 Å². The molecule has 5 heteroatoms. The number of hydrogen-bond donors (Lipinski definition) is 2. The molecule has 0 aliphatic carbocycles. The third-order valence-electron chi connectivity index (χ3n) is 3.50. The van der Waals surface area contributed by atoms with Crippen molar-refractivity contribution in [3.63, 3.8) is 0 Å². The molecule has 0 saturated carbocycles. The molecule has 5 nitrogen and oxygen atoms in total. The summed E-state index contributed by atoms with van der Waals surface area (Å²) in [5.41, 5.74) is 1.31. The van der Waals surface area contributed by atoms with E-state index in [0.29, 0.717) is 19.5 Å². The van der Waals surface area contributed by atoms with E-state index in [1.165, 1.54) is 0 Å². The van der Waals surface area contributed by atoms with E-state index in [4.69, 9.17) is 5.11 Å². The molecular formula is C15H20N2O3. The smallest absolute Gasteiger partial charge is 0.335 e. The third kappa shape index (κ3) is 4.06. The number of carboxylic acid groups (broad SMARTS) is 1. The van der Waals surface area contributed by atoms with Crippen molar-refractivity contribution in [2.24, 2.45) is 0 Å². The van der Waals surface area contributed by atoms with Gasteiger partial charge in [-0.3, -0.25) is 4.79 Å². The molecule has 1 saturated heterocycles. The van der Waals surface area contributed by atoms with Crippen molar-refractivity contribution in [3.05, 3.63) is 35.4 Å². The van der Waals surface area contributed by atoms with Gasteiger partial charge in [0.1, 0.15) is 0 Å². The molecule has 2 N–H and O–H groups in total. The van der Waals surface area contributed by atoms with Crippen LogP contribution >= 0.6 is 0 Å². The van der Waals surface area contributed by atoms with E-state index in [9.17, 15) is 9.59 Å². The fourth-order valence-electron chi connectivity index (χ4n) is 2.32. The first-order chi connectivity index (χ1) is 9.66. The molecule has 0 radical (unpaired) electrons. The van der Waals surface area contributed by atoms with Gasteiger partial charge in [0.05, 0.1) is 5.56 Å². The number of nitrogens with one attached hydrogen (secondary N) is 1. The van der Waals surface area contributed by atoms with E-state index < -0.39 is 5.97 Å². The zero-order chi connectivity index (χ0) is 14.4. The quantitative estimate of drug-likeness (QED) is 0.772. The molecule has 1 aliphatic rings. The Hall–Kier alpha value is -1.88. The molecule has 108 valence electrons. The number of rotatable bonds is 6. The van der Waals surface area contributed by atoms with Crippen molar-refractivity contribution in [2.45, 2.75) is 25.8 Å². The van der Waals surface area contributed by atoms with Crippen LogP contribution in [-0.2, 0) is 11.3 Å². The maximum Gasteiger partial charge on any atom is 0.335 e. The minimum Gasteiger partial charge on any atom is -0.478 e. The average Bonchev–Trinajstić information content (AvgIpc) is 2.98. The topological polar surface area (TPSA) is 69.6 Å². The standard InChI is InChI=1S/C15H20N2O3/c18-14(17-9-1-2-10-17)7-8-16-11-12-3-5-13(6-4-12)15(19)20/h3-6,16H,1-2,7-11H2,(H,19,20). The van der Waals surface area contributed by atoms with Crippen LogP contribution in [0.4, 0.5) is 0 Å². The second-order valence-electron chi connectivity index (χ2n) is 5.02. The summed E-state index contributed by atoms with van der Waals surface area (Å²) in [6.07, 6.45) is 2.76. The summed E-state index contributed by atoms with van der Waals surface area (Å²) in [6, 6.07) is 6.76. The number of carboxylic acids is 1. The molecule has 0 spiro atoms. The Bertz CT molecular complexity index is 465. The SMILES string of the molecule is O=C(O)c1ccc(CNCCC(=O)N2CCCC2)cc1. The number of likely N-dealkylation sites (tertiary alicyclic amines) is 1. The predicted octanol–water partition coefficient (Wildman–Crippen LogP) is 1.49. The Balaban J connectivity index is 1.67. The first-order valence-electron chi connectivity index (χ1n) is 6.97. The highest BCUT2D eigenvalue weighted by Crippen LogP contribution is 2.08. The number of amides is 1. The minimum absolute atomic E-state index is 0.219. The Morgan fingerprint density at radius 1 is 1.15 bits per heavy atom. The lowest BCUT2D eigenvalue weighted by Gasteiger charge is -2.15. The first kappa shape index (κ1) is 14.5. The van der Waals surface area contributed by atoms with Crippen molar-refractivity contribution in [3.8, 4) is 0 Å². The average molecular weight is 276 g/mol. The lowest BCUT2D eigenvalue weighted by atomic mass is 10.1. The van der Waals surface area contributed by atoms with Gasteiger partial charge in [0.15, 0.2) is 0 Å². The number of nitrogens with zero attached hydrogens (tertiary/aromatic N) is 1. The number of aromatic carboxylic acids is 1. The van der Waals surface area contributed by atoms with Crippen LogP contribution in [0.5, 0.6) is 0 Å². The van der Waals surface area contributed by atoms with E-state index in [0.717, 1.165) is 31.5 Å². The van der Waals surface area contributed by atoms with E-state index in [1.54, 1.807) is 24.3 Å². The largest absolute Gasteiger partial charge is 0.478 e. The van der Waals surface area contributed by atoms with Crippen molar-refractivity contribution in [1.82, 2.24) is 10.2 Å². The minimum atomic E-state index is -0.916. The van der Waals surface area contributed by atoms with E-state index in [2.05, 4.69) is 5.32 Å². The molecule has 20 heavy (non-hydrogen) atoms. The maximum absolute atomic E-state index is 11.8. The predicted molar refractivity (Wildman–Crippen MR) is 75.5 cm³/mol. The Labute approximate surface area is 118 Å². The van der Waals surface area contributed by atoms with Crippen molar-refractivity contribution < 1.29 is 14.7 Å². The summed E-state index contributed by atoms with van der Waals surface area (Å²) in [6.45, 7) is 3.09. The molecule has 0 atom stereocenters. The van der Waals surface area contributed by atoms with Gasteiger partial charge in [-0.2, -0.15) is 0 Å². The fourth-order valence-corrected chi connectivity index (χ4v) is 2.32. The second-order valence-corrected chi connectivity index (χ2v) is 5.02. The summed E-state index contributed by atoms with van der Waals surface area (Å²) in [7, 11) is 0. The lowest BCUT2D eigenvalue weighted by molar-refractivity contribution is -0.130. The Morgan fingerprint density at radius 3 is 2.40 bits per heavy atom. The molecule has 1 amide bonds. The number of benzene rings is 1. The molecule has 0 bridgehead atoms.